The summed E-state index contributed by atoms with van der Waals surface area (Å²) in [7, 11) is 0. The standard InChI is InChI=1S/C16H21NO2/c1-12-2-4-13(5-3-12)10-11-17-15-8-6-14(7-9-15)16(18)19/h2,6-9,13,17H,3-5,10-11H2,1H3,(H,18,19). The number of nitrogens with one attached hydrogen (secondary N) is 1. The Labute approximate surface area is 114 Å². The van der Waals surface area contributed by atoms with Crippen molar-refractivity contribution in [2.24, 2.45) is 5.92 Å². The van der Waals surface area contributed by atoms with Gasteiger partial charge in [0.15, 0.2) is 0 Å². The molecule has 0 amide bonds. The van der Waals surface area contributed by atoms with Gasteiger partial charge in [-0.2, -0.15) is 0 Å². The maximum Gasteiger partial charge on any atom is 0.335 e. The molecule has 3 heteroatoms. The molecule has 1 aliphatic rings. The molecule has 0 aromatic heterocycles. The van der Waals surface area contributed by atoms with Gasteiger partial charge < -0.3 is 10.4 Å². The van der Waals surface area contributed by atoms with Crippen molar-refractivity contribution in [1.29, 1.82) is 0 Å². The Kier molecular flexibility index (Phi) is 4.61. The molecule has 1 aromatic carbocycles. The lowest BCUT2D eigenvalue weighted by Gasteiger charge is -2.20. The van der Waals surface area contributed by atoms with Crippen molar-refractivity contribution in [3.63, 3.8) is 0 Å². The maximum absolute atomic E-state index is 10.7. The van der Waals surface area contributed by atoms with Crippen molar-refractivity contribution in [3.8, 4) is 0 Å². The van der Waals surface area contributed by atoms with E-state index in [2.05, 4.69) is 18.3 Å². The topological polar surface area (TPSA) is 49.3 Å². The van der Waals surface area contributed by atoms with Crippen LogP contribution in [-0.4, -0.2) is 17.6 Å². The highest BCUT2D eigenvalue weighted by atomic mass is 16.4. The van der Waals surface area contributed by atoms with E-state index in [0.29, 0.717) is 5.56 Å². The molecule has 1 atom stereocenters. The van der Waals surface area contributed by atoms with Crippen LogP contribution in [0.1, 0.15) is 43.0 Å². The zero-order valence-electron chi connectivity index (χ0n) is 11.4. The summed E-state index contributed by atoms with van der Waals surface area (Å²) in [6, 6.07) is 6.93. The Balaban J connectivity index is 1.75. The zero-order chi connectivity index (χ0) is 13.7. The first-order chi connectivity index (χ1) is 9.15. The molecule has 0 radical (unpaired) electrons. The van der Waals surface area contributed by atoms with Crippen LogP contribution in [-0.2, 0) is 0 Å². The molecular weight excluding hydrogens is 238 g/mol. The van der Waals surface area contributed by atoms with Gasteiger partial charge in [-0.05, 0) is 62.8 Å². The zero-order valence-corrected chi connectivity index (χ0v) is 11.4. The minimum atomic E-state index is -0.879. The molecule has 102 valence electrons. The van der Waals surface area contributed by atoms with Crippen molar-refractivity contribution >= 4 is 11.7 Å². The van der Waals surface area contributed by atoms with Crippen molar-refractivity contribution in [3.05, 3.63) is 41.5 Å². The van der Waals surface area contributed by atoms with Gasteiger partial charge >= 0.3 is 5.97 Å². The van der Waals surface area contributed by atoms with E-state index < -0.39 is 5.97 Å². The molecule has 2 rings (SSSR count). The van der Waals surface area contributed by atoms with Crippen molar-refractivity contribution in [1.82, 2.24) is 0 Å². The lowest BCUT2D eigenvalue weighted by atomic mass is 9.88. The molecule has 1 aromatic rings. The molecule has 2 N–H and O–H groups in total. The third-order valence-electron chi connectivity index (χ3n) is 3.76. The second-order valence-corrected chi connectivity index (χ2v) is 5.29. The first kappa shape index (κ1) is 13.7. The van der Waals surface area contributed by atoms with Crippen LogP contribution in [0.15, 0.2) is 35.9 Å². The number of carbonyl (C=O) groups is 1. The summed E-state index contributed by atoms with van der Waals surface area (Å²) in [6.45, 7) is 3.16. The Hall–Kier alpha value is -1.77. The van der Waals surface area contributed by atoms with Crippen molar-refractivity contribution in [2.45, 2.75) is 32.6 Å². The molecule has 3 nitrogen and oxygen atoms in total. The highest BCUT2D eigenvalue weighted by molar-refractivity contribution is 5.87. The number of rotatable bonds is 5. The maximum atomic E-state index is 10.7. The van der Waals surface area contributed by atoms with Crippen LogP contribution in [0.25, 0.3) is 0 Å². The van der Waals surface area contributed by atoms with E-state index in [4.69, 9.17) is 5.11 Å². The summed E-state index contributed by atoms with van der Waals surface area (Å²) in [5, 5.41) is 12.2. The highest BCUT2D eigenvalue weighted by Crippen LogP contribution is 2.25. The van der Waals surface area contributed by atoms with Crippen LogP contribution in [0.5, 0.6) is 0 Å². The predicted molar refractivity (Wildman–Crippen MR) is 77.6 cm³/mol. The molecule has 0 heterocycles. The minimum Gasteiger partial charge on any atom is -0.478 e. The quantitative estimate of drug-likeness (QED) is 0.788. The number of aromatic carboxylic acids is 1. The molecule has 0 saturated heterocycles. The number of allylic oxidation sites excluding steroid dienone is 2. The lowest BCUT2D eigenvalue weighted by Crippen LogP contribution is -2.11. The van der Waals surface area contributed by atoms with E-state index >= 15 is 0 Å². The van der Waals surface area contributed by atoms with E-state index in [1.807, 2.05) is 12.1 Å². The number of carboxylic acids is 1. The van der Waals surface area contributed by atoms with Gasteiger partial charge in [0.25, 0.3) is 0 Å². The van der Waals surface area contributed by atoms with Gasteiger partial charge in [-0.25, -0.2) is 4.79 Å². The van der Waals surface area contributed by atoms with Gasteiger partial charge in [-0.3, -0.25) is 0 Å². The van der Waals surface area contributed by atoms with Crippen molar-refractivity contribution < 1.29 is 9.90 Å². The summed E-state index contributed by atoms with van der Waals surface area (Å²) >= 11 is 0. The molecule has 0 saturated carbocycles. The first-order valence-electron chi connectivity index (χ1n) is 6.88. The number of anilines is 1. The van der Waals surface area contributed by atoms with Gasteiger partial charge in [0, 0.05) is 12.2 Å². The molecule has 1 unspecified atom stereocenters. The number of hydrogen-bond acceptors (Lipinski definition) is 2. The summed E-state index contributed by atoms with van der Waals surface area (Å²) in [5.74, 6) is -0.0922. The van der Waals surface area contributed by atoms with E-state index in [9.17, 15) is 4.79 Å². The molecule has 1 aliphatic carbocycles. The van der Waals surface area contributed by atoms with Gasteiger partial charge in [-0.15, -0.1) is 0 Å². The Morgan fingerprint density at radius 1 is 1.37 bits per heavy atom. The fourth-order valence-electron chi connectivity index (χ4n) is 2.43. The molecular formula is C16H21NO2. The molecule has 0 spiro atoms. The monoisotopic (exact) mass is 259 g/mol. The third-order valence-corrected chi connectivity index (χ3v) is 3.76. The van der Waals surface area contributed by atoms with Crippen LogP contribution >= 0.6 is 0 Å². The van der Waals surface area contributed by atoms with Crippen molar-refractivity contribution in [2.75, 3.05) is 11.9 Å². The third kappa shape index (κ3) is 4.12. The van der Waals surface area contributed by atoms with Crippen LogP contribution < -0.4 is 5.32 Å². The second-order valence-electron chi connectivity index (χ2n) is 5.29. The summed E-state index contributed by atoms with van der Waals surface area (Å²) in [6.07, 6.45) is 7.26. The van der Waals surface area contributed by atoms with E-state index in [1.165, 1.54) is 31.3 Å². The second kappa shape index (κ2) is 6.41. The summed E-state index contributed by atoms with van der Waals surface area (Å²) in [4.78, 5) is 10.7. The molecule has 0 aliphatic heterocycles. The van der Waals surface area contributed by atoms with Gasteiger partial charge in [-0.1, -0.05) is 11.6 Å². The normalized spacial score (nSPS) is 18.8. The van der Waals surface area contributed by atoms with E-state index in [-0.39, 0.29) is 0 Å². The van der Waals surface area contributed by atoms with Crippen LogP contribution in [0.4, 0.5) is 5.69 Å². The minimum absolute atomic E-state index is 0.332. The smallest absolute Gasteiger partial charge is 0.335 e. The molecule has 0 bridgehead atoms. The fraction of sp³-hybridized carbons (Fsp3) is 0.438. The Morgan fingerprint density at radius 3 is 2.68 bits per heavy atom. The highest BCUT2D eigenvalue weighted by Gasteiger charge is 2.11. The Morgan fingerprint density at radius 2 is 2.11 bits per heavy atom. The molecule has 0 fully saturated rings. The molecule has 19 heavy (non-hydrogen) atoms. The average Bonchev–Trinajstić information content (AvgIpc) is 2.41. The summed E-state index contributed by atoms with van der Waals surface area (Å²) in [5.41, 5.74) is 2.85. The SMILES string of the molecule is CC1=CCC(CCNc2ccc(C(=O)O)cc2)CC1. The van der Waals surface area contributed by atoms with E-state index in [1.54, 1.807) is 12.1 Å². The Bertz CT molecular complexity index is 462. The summed E-state index contributed by atoms with van der Waals surface area (Å²) < 4.78 is 0. The number of benzene rings is 1. The van der Waals surface area contributed by atoms with Gasteiger partial charge in [0.2, 0.25) is 0 Å². The van der Waals surface area contributed by atoms with Crippen LogP contribution in [0.2, 0.25) is 0 Å². The average molecular weight is 259 g/mol. The number of carboxylic acid groups (broad SMARTS) is 1. The fourth-order valence-corrected chi connectivity index (χ4v) is 2.43. The van der Waals surface area contributed by atoms with Crippen LogP contribution in [0.3, 0.4) is 0 Å². The lowest BCUT2D eigenvalue weighted by molar-refractivity contribution is 0.0697. The van der Waals surface area contributed by atoms with Gasteiger partial charge in [0.1, 0.15) is 0 Å². The van der Waals surface area contributed by atoms with Gasteiger partial charge in [0.05, 0.1) is 5.56 Å². The van der Waals surface area contributed by atoms with E-state index in [0.717, 1.165) is 18.2 Å². The van der Waals surface area contributed by atoms with Crippen LogP contribution in [0, 0.1) is 5.92 Å². The largest absolute Gasteiger partial charge is 0.478 e. The first-order valence-corrected chi connectivity index (χ1v) is 6.88. The number of hydrogen-bond donors (Lipinski definition) is 2. The predicted octanol–water partition coefficient (Wildman–Crippen LogP) is 3.93.